The Morgan fingerprint density at radius 1 is 1.27 bits per heavy atom. The van der Waals surface area contributed by atoms with Crippen molar-refractivity contribution in [2.45, 2.75) is 33.1 Å². The van der Waals surface area contributed by atoms with Crippen molar-refractivity contribution in [3.05, 3.63) is 0 Å². The molecule has 0 aromatic rings. The van der Waals surface area contributed by atoms with Gasteiger partial charge in [-0.25, -0.2) is 0 Å². The number of thiol groups is 1. The van der Waals surface area contributed by atoms with Crippen LogP contribution in [0.4, 0.5) is 0 Å². The Hall–Kier alpha value is 1.00. The average Bonchev–Trinajstić information content (AvgIpc) is 1.63. The molecule has 0 aromatic heterocycles. The van der Waals surface area contributed by atoms with E-state index in [2.05, 4.69) is 25.5 Å². The minimum atomic E-state index is -3.97. The van der Waals surface area contributed by atoms with E-state index in [4.69, 9.17) is 13.0 Å². The monoisotopic (exact) mass is 293 g/mol. The molecule has 75 valence electrons. The van der Waals surface area contributed by atoms with Crippen molar-refractivity contribution >= 4 is 20.8 Å². The van der Waals surface area contributed by atoms with E-state index in [1.165, 1.54) is 19.3 Å². The molecule has 0 aromatic carbocycles. The number of hydrogen-bond acceptors (Lipinski definition) is 2. The van der Waals surface area contributed by atoms with Gasteiger partial charge in [0.2, 0.25) is 0 Å². The van der Waals surface area contributed by atoms with E-state index < -0.39 is 9.15 Å². The summed E-state index contributed by atoms with van der Waals surface area (Å²) in [6.45, 7) is 4.42. The molecule has 0 rings (SSSR count). The number of rotatable bonds is 2. The molecule has 1 radical (unpaired) electrons. The first kappa shape index (κ1) is 17.9. The maximum Gasteiger partial charge on any atom is 0.316 e. The first-order chi connectivity index (χ1) is 4.41. The Morgan fingerprint density at radius 3 is 1.45 bits per heavy atom. The molecule has 0 saturated carbocycles. The molecule has 0 fully saturated rings. The summed E-state index contributed by atoms with van der Waals surface area (Å²) in [5, 5.41) is 0. The van der Waals surface area contributed by atoms with Gasteiger partial charge in [-0.3, -0.25) is 4.55 Å². The fraction of sp³-hybridized carbons (Fsp3) is 1.00. The largest absolute Gasteiger partial charge is 0.316 e. The van der Waals surface area contributed by atoms with Gasteiger partial charge >= 0.3 is 9.15 Å². The second kappa shape index (κ2) is 11.0. The third-order valence-corrected chi connectivity index (χ3v) is 0.707. The minimum Gasteiger partial charge on any atom is -0.277 e. The average molecular weight is 294 g/mol. The Kier molecular flexibility index (Phi) is 17.9. The van der Waals surface area contributed by atoms with E-state index in [-0.39, 0.29) is 22.4 Å². The maximum atomic E-state index is 9.05. The zero-order valence-electron chi connectivity index (χ0n) is 6.54. The summed E-state index contributed by atoms with van der Waals surface area (Å²) in [6.07, 6.45) is 4.08. The third-order valence-electron chi connectivity index (χ3n) is 0.707. The van der Waals surface area contributed by atoms with Gasteiger partial charge < -0.3 is 0 Å². The van der Waals surface area contributed by atoms with E-state index in [9.17, 15) is 0 Å². The minimum absolute atomic E-state index is 0. The van der Waals surface area contributed by atoms with Crippen molar-refractivity contribution in [3.63, 3.8) is 0 Å². The summed E-state index contributed by atoms with van der Waals surface area (Å²) < 4.78 is 25.5. The van der Waals surface area contributed by atoms with Crippen molar-refractivity contribution in [3.8, 4) is 0 Å². The molecule has 0 aliphatic heterocycles. The van der Waals surface area contributed by atoms with Gasteiger partial charge in [-0.1, -0.05) is 33.1 Å². The molecular formula is C5H14AgO3S2. The third kappa shape index (κ3) is 99.0. The van der Waals surface area contributed by atoms with Crippen LogP contribution in [0.15, 0.2) is 0 Å². The summed E-state index contributed by atoms with van der Waals surface area (Å²) in [4.78, 5) is 0. The van der Waals surface area contributed by atoms with Gasteiger partial charge in [-0.2, -0.15) is 8.42 Å². The zero-order chi connectivity index (χ0) is 8.62. The van der Waals surface area contributed by atoms with Crippen molar-refractivity contribution in [2.24, 2.45) is 0 Å². The van der Waals surface area contributed by atoms with E-state index in [0.29, 0.717) is 0 Å². The summed E-state index contributed by atoms with van der Waals surface area (Å²) in [7, 11) is -3.97. The van der Waals surface area contributed by atoms with Crippen LogP contribution < -0.4 is 0 Å². The van der Waals surface area contributed by atoms with Gasteiger partial charge in [0.15, 0.2) is 0 Å². The number of hydrogen-bond donors (Lipinski definition) is 2. The molecule has 0 saturated heterocycles. The van der Waals surface area contributed by atoms with Gasteiger partial charge in [-0.15, -0.1) is 0 Å². The summed E-state index contributed by atoms with van der Waals surface area (Å²) in [5.74, 6) is 0. The second-order valence-electron chi connectivity index (χ2n) is 1.80. The molecule has 0 aliphatic rings. The molecule has 6 heteroatoms. The predicted molar refractivity (Wildman–Crippen MR) is 45.7 cm³/mol. The summed E-state index contributed by atoms with van der Waals surface area (Å²) >= 11 is 2.65. The molecule has 0 aliphatic carbocycles. The van der Waals surface area contributed by atoms with Crippen LogP contribution in [0.5, 0.6) is 0 Å². The Morgan fingerprint density at radius 2 is 1.45 bits per heavy atom. The molecule has 0 heterocycles. The van der Waals surface area contributed by atoms with Gasteiger partial charge in [0.05, 0.1) is 0 Å². The Bertz CT molecular complexity index is 134. The SMILES string of the molecule is CCCCC.O=S(=O)(O)S.[Ag]. The topological polar surface area (TPSA) is 54.4 Å². The molecule has 0 spiro atoms. The molecule has 3 nitrogen and oxygen atoms in total. The van der Waals surface area contributed by atoms with Gasteiger partial charge in [0, 0.05) is 22.4 Å². The smallest absolute Gasteiger partial charge is 0.277 e. The molecule has 1 N–H and O–H groups in total. The van der Waals surface area contributed by atoms with E-state index in [0.717, 1.165) is 0 Å². The normalized spacial score (nSPS) is 9.09. The van der Waals surface area contributed by atoms with Crippen LogP contribution in [-0.2, 0) is 31.5 Å². The first-order valence-corrected chi connectivity index (χ1v) is 5.61. The quantitative estimate of drug-likeness (QED) is 0.354. The van der Waals surface area contributed by atoms with Crippen LogP contribution in [0.3, 0.4) is 0 Å². The molecule has 0 unspecified atom stereocenters. The molecule has 0 amide bonds. The van der Waals surface area contributed by atoms with Crippen LogP contribution >= 0.6 is 11.7 Å². The summed E-state index contributed by atoms with van der Waals surface area (Å²) in [5.41, 5.74) is 0. The molecular weight excluding hydrogens is 280 g/mol. The second-order valence-corrected chi connectivity index (χ2v) is 4.08. The van der Waals surface area contributed by atoms with Crippen LogP contribution in [0, 0.1) is 0 Å². The van der Waals surface area contributed by atoms with E-state index in [1.54, 1.807) is 0 Å². The Balaban J connectivity index is -0.000000107. The zero-order valence-corrected chi connectivity index (χ0v) is 9.74. The van der Waals surface area contributed by atoms with Crippen molar-refractivity contribution in [1.82, 2.24) is 0 Å². The van der Waals surface area contributed by atoms with Crippen LogP contribution in [0.2, 0.25) is 0 Å². The predicted octanol–water partition coefficient (Wildman–Crippen LogP) is 1.91. The first-order valence-electron chi connectivity index (χ1n) is 3.11. The fourth-order valence-electron chi connectivity index (χ4n) is 0.354. The van der Waals surface area contributed by atoms with Crippen molar-refractivity contribution < 1.29 is 35.4 Å². The van der Waals surface area contributed by atoms with Gasteiger partial charge in [0.25, 0.3) is 0 Å². The summed E-state index contributed by atoms with van der Waals surface area (Å²) in [6, 6.07) is 0. The van der Waals surface area contributed by atoms with Crippen molar-refractivity contribution in [1.29, 1.82) is 0 Å². The molecule has 11 heavy (non-hydrogen) atoms. The number of unbranched alkanes of at least 4 members (excludes halogenated alkanes) is 2. The van der Waals surface area contributed by atoms with Gasteiger partial charge in [0.1, 0.15) is 0 Å². The van der Waals surface area contributed by atoms with E-state index >= 15 is 0 Å². The Labute approximate surface area is 89.0 Å². The van der Waals surface area contributed by atoms with Crippen LogP contribution in [0.1, 0.15) is 33.1 Å². The van der Waals surface area contributed by atoms with Crippen LogP contribution in [0.25, 0.3) is 0 Å². The fourth-order valence-corrected chi connectivity index (χ4v) is 0.354. The molecule has 0 atom stereocenters. The van der Waals surface area contributed by atoms with Crippen LogP contribution in [-0.4, -0.2) is 13.0 Å². The standard InChI is InChI=1S/C5H12.Ag.H2O3S2/c1-3-5-4-2;;1-5(2,3)4/h3-5H2,1-2H3;;(H2,1,2,3,4). The van der Waals surface area contributed by atoms with Gasteiger partial charge in [-0.05, 0) is 11.7 Å². The molecule has 0 bridgehead atoms. The van der Waals surface area contributed by atoms with E-state index in [1.807, 2.05) is 0 Å². The maximum absolute atomic E-state index is 9.05. The van der Waals surface area contributed by atoms with Crippen molar-refractivity contribution in [2.75, 3.05) is 0 Å².